The first kappa shape index (κ1) is 27.9. The largest absolute Gasteiger partial charge is 0.388 e. The molecule has 200 valence electrons. The molecule has 2 fully saturated rings. The molecule has 0 bridgehead atoms. The van der Waals surface area contributed by atoms with Gasteiger partial charge in [0.15, 0.2) is 11.6 Å². The van der Waals surface area contributed by atoms with Crippen LogP contribution in [0, 0.1) is 0 Å². The van der Waals surface area contributed by atoms with E-state index in [4.69, 9.17) is 5.11 Å². The summed E-state index contributed by atoms with van der Waals surface area (Å²) in [4.78, 5) is 24.4. The van der Waals surface area contributed by atoms with E-state index in [9.17, 15) is 19.8 Å². The predicted octanol–water partition coefficient (Wildman–Crippen LogP) is 6.08. The maximum atomic E-state index is 13.6. The van der Waals surface area contributed by atoms with E-state index in [1.165, 1.54) is 0 Å². The molecule has 3 N–H and O–H groups in total. The first-order valence-electron chi connectivity index (χ1n) is 13.8. The molecule has 5 heteroatoms. The molecule has 0 heterocycles. The minimum absolute atomic E-state index is 0.0933. The highest BCUT2D eigenvalue weighted by atomic mass is 16.3. The van der Waals surface area contributed by atoms with Crippen molar-refractivity contribution in [3.05, 3.63) is 107 Å². The van der Waals surface area contributed by atoms with Crippen LogP contribution in [0.3, 0.4) is 0 Å². The number of benzene rings is 3. The average Bonchev–Trinajstić information content (AvgIpc) is 2.98. The minimum atomic E-state index is -0.929. The summed E-state index contributed by atoms with van der Waals surface area (Å²) in [6.07, 6.45) is 8.98. The summed E-state index contributed by atoms with van der Waals surface area (Å²) in [5, 5.41) is 31.0. The number of ketones is 2. The van der Waals surface area contributed by atoms with Gasteiger partial charge in [-0.1, -0.05) is 117 Å². The second-order valence-electron chi connectivity index (χ2n) is 10.6. The molecular weight excluding hydrogens is 476 g/mol. The number of Topliss-reactive ketones (excluding diaryl/α,β-unsaturated/α-hetero) is 1. The Morgan fingerprint density at radius 2 is 0.974 bits per heavy atom. The fourth-order valence-electron chi connectivity index (χ4n) is 5.85. The van der Waals surface area contributed by atoms with Gasteiger partial charge in [0.05, 0.1) is 11.2 Å². The quantitative estimate of drug-likeness (QED) is 0.347. The smallest absolute Gasteiger partial charge is 0.193 e. The third-order valence-electron chi connectivity index (χ3n) is 7.95. The summed E-state index contributed by atoms with van der Waals surface area (Å²) in [5.41, 5.74) is 1.32. The molecule has 5 rings (SSSR count). The Morgan fingerprint density at radius 3 is 1.39 bits per heavy atom. The van der Waals surface area contributed by atoms with Crippen LogP contribution in [0.5, 0.6) is 0 Å². The van der Waals surface area contributed by atoms with Gasteiger partial charge in [-0.05, 0) is 36.8 Å². The van der Waals surface area contributed by atoms with Crippen LogP contribution in [-0.4, -0.2) is 33.5 Å². The maximum absolute atomic E-state index is 13.6. The van der Waals surface area contributed by atoms with Crippen molar-refractivity contribution in [2.24, 2.45) is 0 Å². The third kappa shape index (κ3) is 6.29. The zero-order valence-electron chi connectivity index (χ0n) is 21.9. The van der Waals surface area contributed by atoms with Crippen LogP contribution in [-0.2, 0) is 11.2 Å². The van der Waals surface area contributed by atoms with E-state index in [1.54, 1.807) is 24.3 Å². The number of hydrogen-bond acceptors (Lipinski definition) is 5. The van der Waals surface area contributed by atoms with Gasteiger partial charge in [-0.15, -0.1) is 0 Å². The zero-order chi connectivity index (χ0) is 27.0. The SMILES string of the molecule is O=C(CO)c1ccccc1.O=C(c1ccccc1C1(O)CCCCC1)c1ccccc1C1(O)CCCCC1. The van der Waals surface area contributed by atoms with Gasteiger partial charge in [0.1, 0.15) is 6.61 Å². The lowest BCUT2D eigenvalue weighted by atomic mass is 9.74. The topological polar surface area (TPSA) is 94.8 Å². The minimum Gasteiger partial charge on any atom is -0.388 e. The van der Waals surface area contributed by atoms with Crippen molar-refractivity contribution < 1.29 is 24.9 Å². The molecule has 0 saturated heterocycles. The van der Waals surface area contributed by atoms with Crippen LogP contribution in [0.15, 0.2) is 78.9 Å². The van der Waals surface area contributed by atoms with Gasteiger partial charge in [0.25, 0.3) is 0 Å². The van der Waals surface area contributed by atoms with E-state index in [-0.39, 0.29) is 11.6 Å². The summed E-state index contributed by atoms with van der Waals surface area (Å²) in [5.74, 6) is -0.329. The molecule has 2 saturated carbocycles. The third-order valence-corrected chi connectivity index (χ3v) is 7.95. The number of aliphatic hydroxyl groups is 3. The average molecular weight is 515 g/mol. The molecule has 2 aliphatic rings. The Bertz CT molecular complexity index is 1150. The number of rotatable bonds is 6. The monoisotopic (exact) mass is 514 g/mol. The highest BCUT2D eigenvalue weighted by molar-refractivity contribution is 6.11. The number of aliphatic hydroxyl groups excluding tert-OH is 1. The molecule has 0 spiro atoms. The molecule has 2 aliphatic carbocycles. The summed E-state index contributed by atoms with van der Waals surface area (Å²) < 4.78 is 0. The van der Waals surface area contributed by atoms with Gasteiger partial charge in [0, 0.05) is 16.7 Å². The lowest BCUT2D eigenvalue weighted by Gasteiger charge is -2.35. The molecule has 0 radical (unpaired) electrons. The lowest BCUT2D eigenvalue weighted by Crippen LogP contribution is -2.32. The molecule has 0 amide bonds. The van der Waals surface area contributed by atoms with Crippen molar-refractivity contribution in [1.82, 2.24) is 0 Å². The van der Waals surface area contributed by atoms with Crippen molar-refractivity contribution in [2.75, 3.05) is 6.61 Å². The molecule has 3 aromatic carbocycles. The lowest BCUT2D eigenvalue weighted by molar-refractivity contribution is -0.00188. The Labute approximate surface area is 225 Å². The Kier molecular flexibility index (Phi) is 9.26. The highest BCUT2D eigenvalue weighted by Crippen LogP contribution is 2.41. The van der Waals surface area contributed by atoms with Crippen LogP contribution in [0.2, 0.25) is 0 Å². The number of carbonyl (C=O) groups is 2. The molecule has 0 aliphatic heterocycles. The zero-order valence-corrected chi connectivity index (χ0v) is 21.9. The van der Waals surface area contributed by atoms with Crippen molar-refractivity contribution in [3.63, 3.8) is 0 Å². The van der Waals surface area contributed by atoms with E-state index < -0.39 is 17.8 Å². The van der Waals surface area contributed by atoms with Crippen molar-refractivity contribution in [2.45, 2.75) is 75.4 Å². The molecule has 38 heavy (non-hydrogen) atoms. The van der Waals surface area contributed by atoms with Crippen LogP contribution in [0.25, 0.3) is 0 Å². The van der Waals surface area contributed by atoms with Gasteiger partial charge >= 0.3 is 0 Å². The fourth-order valence-corrected chi connectivity index (χ4v) is 5.85. The van der Waals surface area contributed by atoms with Crippen molar-refractivity contribution in [3.8, 4) is 0 Å². The second kappa shape index (κ2) is 12.6. The van der Waals surface area contributed by atoms with Crippen molar-refractivity contribution >= 4 is 11.6 Å². The highest BCUT2D eigenvalue weighted by Gasteiger charge is 2.37. The van der Waals surface area contributed by atoms with Crippen LogP contribution >= 0.6 is 0 Å². The second-order valence-corrected chi connectivity index (χ2v) is 10.6. The van der Waals surface area contributed by atoms with E-state index in [1.807, 2.05) is 54.6 Å². The summed E-state index contributed by atoms with van der Waals surface area (Å²) in [7, 11) is 0. The number of hydrogen-bond donors (Lipinski definition) is 3. The number of carbonyl (C=O) groups excluding carboxylic acids is 2. The maximum Gasteiger partial charge on any atom is 0.193 e. The van der Waals surface area contributed by atoms with E-state index in [0.29, 0.717) is 42.4 Å². The normalized spacial score (nSPS) is 18.1. The predicted molar refractivity (Wildman–Crippen MR) is 148 cm³/mol. The van der Waals surface area contributed by atoms with E-state index in [2.05, 4.69) is 0 Å². The van der Waals surface area contributed by atoms with Crippen molar-refractivity contribution in [1.29, 1.82) is 0 Å². The van der Waals surface area contributed by atoms with Crippen LogP contribution < -0.4 is 0 Å². The summed E-state index contributed by atoms with van der Waals surface area (Å²) >= 11 is 0. The standard InChI is InChI=1S/C25H30O3.C8H8O2/c26-23(19-11-3-5-13-21(19)24(27)15-7-1-8-16-24)20-12-4-6-14-22(20)25(28)17-9-2-10-18-25;9-6-8(10)7-4-2-1-3-5-7/h3-6,11-14,27-28H,1-2,7-10,15-18H2;1-5,9H,6H2. The van der Waals surface area contributed by atoms with E-state index >= 15 is 0 Å². The van der Waals surface area contributed by atoms with Gasteiger partial charge in [-0.25, -0.2) is 0 Å². The molecule has 0 unspecified atom stereocenters. The van der Waals surface area contributed by atoms with Gasteiger partial charge in [-0.2, -0.15) is 0 Å². The van der Waals surface area contributed by atoms with Gasteiger partial charge in [0.2, 0.25) is 0 Å². The Balaban J connectivity index is 0.000000283. The van der Waals surface area contributed by atoms with Crippen LogP contribution in [0.1, 0.15) is 102 Å². The summed E-state index contributed by atoms with van der Waals surface area (Å²) in [6, 6.07) is 23.7. The molecule has 0 aromatic heterocycles. The Morgan fingerprint density at radius 1 is 0.579 bits per heavy atom. The fraction of sp³-hybridized carbons (Fsp3) is 0.394. The van der Waals surface area contributed by atoms with E-state index in [0.717, 1.165) is 49.7 Å². The Hall–Kier alpha value is -3.12. The van der Waals surface area contributed by atoms with Gasteiger partial charge < -0.3 is 15.3 Å². The molecule has 5 nitrogen and oxygen atoms in total. The van der Waals surface area contributed by atoms with Gasteiger partial charge in [-0.3, -0.25) is 9.59 Å². The van der Waals surface area contributed by atoms with Crippen LogP contribution in [0.4, 0.5) is 0 Å². The first-order chi connectivity index (χ1) is 18.4. The molecule has 0 atom stereocenters. The first-order valence-corrected chi connectivity index (χ1v) is 13.8. The summed E-state index contributed by atoms with van der Waals surface area (Å²) in [6.45, 7) is -0.413. The molecular formula is C33H38O5. The molecule has 3 aromatic rings.